The van der Waals surface area contributed by atoms with E-state index in [9.17, 15) is 9.59 Å². The average molecular weight is 394 g/mol. The van der Waals surface area contributed by atoms with Crippen molar-refractivity contribution in [2.75, 3.05) is 23.3 Å². The van der Waals surface area contributed by atoms with Gasteiger partial charge in [-0.3, -0.25) is 4.79 Å². The van der Waals surface area contributed by atoms with Crippen LogP contribution in [0.25, 0.3) is 5.65 Å². The number of carbonyl (C=O) groups excluding carboxylic acids is 1. The first kappa shape index (κ1) is 19.2. The molecule has 8 heteroatoms. The van der Waals surface area contributed by atoms with Gasteiger partial charge in [-0.05, 0) is 37.3 Å². The van der Waals surface area contributed by atoms with E-state index in [-0.39, 0.29) is 18.1 Å². The number of anilines is 2. The number of benzene rings is 1. The zero-order valence-corrected chi connectivity index (χ0v) is 17.0. The van der Waals surface area contributed by atoms with Crippen molar-refractivity contribution >= 4 is 23.1 Å². The number of piperidine rings is 1. The normalized spacial score (nSPS) is 19.5. The lowest BCUT2D eigenvalue weighted by Gasteiger charge is -2.35. The fourth-order valence-electron chi connectivity index (χ4n) is 4.07. The summed E-state index contributed by atoms with van der Waals surface area (Å²) >= 11 is 0. The van der Waals surface area contributed by atoms with Crippen LogP contribution in [0.1, 0.15) is 25.8 Å². The Morgan fingerprint density at radius 1 is 1.17 bits per heavy atom. The lowest BCUT2D eigenvalue weighted by atomic mass is 9.92. The highest BCUT2D eigenvalue weighted by molar-refractivity contribution is 5.90. The summed E-state index contributed by atoms with van der Waals surface area (Å²) in [6.07, 6.45) is 4.39. The van der Waals surface area contributed by atoms with Gasteiger partial charge in [0.1, 0.15) is 6.54 Å². The number of carbonyl (C=O) groups is 1. The predicted molar refractivity (Wildman–Crippen MR) is 112 cm³/mol. The first-order valence-electron chi connectivity index (χ1n) is 9.96. The summed E-state index contributed by atoms with van der Waals surface area (Å²) in [5.41, 5.74) is 1.94. The largest absolute Gasteiger partial charge is 0.353 e. The van der Waals surface area contributed by atoms with Crippen molar-refractivity contribution in [3.8, 4) is 0 Å². The van der Waals surface area contributed by atoms with Crippen LogP contribution in [0.5, 0.6) is 0 Å². The topological polar surface area (TPSA) is 84.5 Å². The van der Waals surface area contributed by atoms with Crippen molar-refractivity contribution in [3.05, 3.63) is 52.7 Å². The molecule has 2 aromatic heterocycles. The number of nitrogens with zero attached hydrogens (tertiary/aromatic N) is 5. The quantitative estimate of drug-likeness (QED) is 0.734. The molecule has 8 nitrogen and oxygen atoms in total. The zero-order chi connectivity index (χ0) is 20.5. The Labute approximate surface area is 169 Å². The molecule has 3 heterocycles. The van der Waals surface area contributed by atoms with Gasteiger partial charge < -0.3 is 10.2 Å². The van der Waals surface area contributed by atoms with Crippen molar-refractivity contribution in [1.29, 1.82) is 0 Å². The van der Waals surface area contributed by atoms with Crippen LogP contribution in [0.2, 0.25) is 0 Å². The number of rotatable bonds is 4. The standard InChI is InChI=1S/C21H26N6O2/c1-14-4-6-17(7-5-14)23-18(28)13-27-21(29)26-9-8-22-19(20(26)24-27)25-11-15(2)10-16(3)12-25/h4-9,15-16H,10-13H2,1-3H3,(H,23,28)/t15-,16-/m1/s1. The molecule has 1 aliphatic rings. The molecule has 4 rings (SSSR count). The van der Waals surface area contributed by atoms with E-state index in [2.05, 4.69) is 34.1 Å². The minimum Gasteiger partial charge on any atom is -0.353 e. The Morgan fingerprint density at radius 3 is 2.55 bits per heavy atom. The third kappa shape index (κ3) is 4.01. The van der Waals surface area contributed by atoms with Crippen LogP contribution in [0.3, 0.4) is 0 Å². The van der Waals surface area contributed by atoms with E-state index in [1.807, 2.05) is 31.2 Å². The second-order valence-electron chi connectivity index (χ2n) is 8.15. The Hall–Kier alpha value is -3.16. The maximum Gasteiger partial charge on any atom is 0.350 e. The molecule has 0 spiro atoms. The maximum atomic E-state index is 12.8. The van der Waals surface area contributed by atoms with Gasteiger partial charge in [-0.1, -0.05) is 31.5 Å². The molecule has 152 valence electrons. The van der Waals surface area contributed by atoms with E-state index in [1.165, 1.54) is 15.5 Å². The highest BCUT2D eigenvalue weighted by atomic mass is 16.2. The molecule has 0 bridgehead atoms. The molecule has 1 fully saturated rings. The minimum atomic E-state index is -0.346. The van der Waals surface area contributed by atoms with Gasteiger partial charge in [0.25, 0.3) is 0 Å². The van der Waals surface area contributed by atoms with Crippen LogP contribution in [0.4, 0.5) is 11.5 Å². The number of hydrogen-bond acceptors (Lipinski definition) is 5. The molecule has 1 aliphatic heterocycles. The SMILES string of the molecule is Cc1ccc(NC(=O)Cn2nc3c(N4C[C@H](C)C[C@@H](C)C4)nccn3c2=O)cc1. The third-order valence-electron chi connectivity index (χ3n) is 5.28. The molecule has 2 atom stereocenters. The van der Waals surface area contributed by atoms with Crippen molar-refractivity contribution in [2.45, 2.75) is 33.7 Å². The van der Waals surface area contributed by atoms with Gasteiger partial charge in [0.05, 0.1) is 0 Å². The van der Waals surface area contributed by atoms with E-state index < -0.39 is 0 Å². The molecule has 1 N–H and O–H groups in total. The van der Waals surface area contributed by atoms with E-state index >= 15 is 0 Å². The van der Waals surface area contributed by atoms with Crippen LogP contribution in [-0.4, -0.2) is 38.2 Å². The number of aromatic nitrogens is 4. The van der Waals surface area contributed by atoms with Gasteiger partial charge in [0, 0.05) is 31.2 Å². The lowest BCUT2D eigenvalue weighted by Crippen LogP contribution is -2.39. The monoisotopic (exact) mass is 394 g/mol. The summed E-state index contributed by atoms with van der Waals surface area (Å²) < 4.78 is 2.66. The maximum absolute atomic E-state index is 12.8. The second kappa shape index (κ2) is 7.69. The van der Waals surface area contributed by atoms with E-state index in [1.54, 1.807) is 12.4 Å². The first-order valence-corrected chi connectivity index (χ1v) is 9.96. The van der Waals surface area contributed by atoms with Gasteiger partial charge in [-0.15, -0.1) is 5.10 Å². The molecule has 1 aromatic carbocycles. The molecular formula is C21H26N6O2. The van der Waals surface area contributed by atoms with Gasteiger partial charge in [-0.25, -0.2) is 18.9 Å². The first-order chi connectivity index (χ1) is 13.9. The number of hydrogen-bond donors (Lipinski definition) is 1. The van der Waals surface area contributed by atoms with Gasteiger partial charge in [0.2, 0.25) is 11.6 Å². The fourth-order valence-corrected chi connectivity index (χ4v) is 4.07. The van der Waals surface area contributed by atoms with Crippen molar-refractivity contribution < 1.29 is 4.79 Å². The number of amides is 1. The van der Waals surface area contributed by atoms with Gasteiger partial charge in [0.15, 0.2) is 5.82 Å². The number of nitrogens with one attached hydrogen (secondary N) is 1. The summed E-state index contributed by atoms with van der Waals surface area (Å²) in [6, 6.07) is 7.51. The fraction of sp³-hybridized carbons (Fsp3) is 0.429. The molecule has 0 radical (unpaired) electrons. The molecule has 1 amide bonds. The summed E-state index contributed by atoms with van der Waals surface area (Å²) in [6.45, 7) is 8.04. The lowest BCUT2D eigenvalue weighted by molar-refractivity contribution is -0.117. The summed E-state index contributed by atoms with van der Waals surface area (Å²) in [5.74, 6) is 1.50. The van der Waals surface area contributed by atoms with Crippen LogP contribution in [-0.2, 0) is 11.3 Å². The highest BCUT2D eigenvalue weighted by Crippen LogP contribution is 2.26. The summed E-state index contributed by atoms with van der Waals surface area (Å²) in [5, 5.41) is 7.24. The Balaban J connectivity index is 1.59. The molecule has 1 saturated heterocycles. The summed E-state index contributed by atoms with van der Waals surface area (Å²) in [7, 11) is 0. The minimum absolute atomic E-state index is 0.152. The van der Waals surface area contributed by atoms with Crippen LogP contribution in [0, 0.1) is 18.8 Å². The highest BCUT2D eigenvalue weighted by Gasteiger charge is 2.25. The molecular weight excluding hydrogens is 368 g/mol. The Kier molecular flexibility index (Phi) is 5.08. The number of aryl methyl sites for hydroxylation is 1. The predicted octanol–water partition coefficient (Wildman–Crippen LogP) is 2.32. The summed E-state index contributed by atoms with van der Waals surface area (Å²) in [4.78, 5) is 31.9. The van der Waals surface area contributed by atoms with Crippen LogP contribution in [0.15, 0.2) is 41.5 Å². The Morgan fingerprint density at radius 2 is 1.86 bits per heavy atom. The molecule has 0 unspecified atom stereocenters. The second-order valence-corrected chi connectivity index (χ2v) is 8.15. The molecule has 0 saturated carbocycles. The smallest absolute Gasteiger partial charge is 0.350 e. The van der Waals surface area contributed by atoms with Gasteiger partial charge >= 0.3 is 5.69 Å². The van der Waals surface area contributed by atoms with Crippen molar-refractivity contribution in [2.24, 2.45) is 11.8 Å². The van der Waals surface area contributed by atoms with E-state index in [0.717, 1.165) is 18.7 Å². The van der Waals surface area contributed by atoms with Crippen molar-refractivity contribution in [1.82, 2.24) is 19.2 Å². The van der Waals surface area contributed by atoms with Crippen LogP contribution < -0.4 is 15.9 Å². The average Bonchev–Trinajstić information content (AvgIpc) is 2.98. The molecule has 0 aliphatic carbocycles. The zero-order valence-electron chi connectivity index (χ0n) is 17.0. The molecule has 29 heavy (non-hydrogen) atoms. The number of fused-ring (bicyclic) bond motifs is 1. The Bertz CT molecular complexity index is 1070. The van der Waals surface area contributed by atoms with E-state index in [0.29, 0.717) is 29.0 Å². The van der Waals surface area contributed by atoms with Crippen LogP contribution >= 0.6 is 0 Å². The third-order valence-corrected chi connectivity index (χ3v) is 5.28. The van der Waals surface area contributed by atoms with Crippen molar-refractivity contribution in [3.63, 3.8) is 0 Å². The van der Waals surface area contributed by atoms with E-state index in [4.69, 9.17) is 0 Å². The van der Waals surface area contributed by atoms with Gasteiger partial charge in [-0.2, -0.15) is 0 Å². The molecule has 3 aromatic rings.